The predicted octanol–water partition coefficient (Wildman–Crippen LogP) is 2.97. The van der Waals surface area contributed by atoms with E-state index >= 15 is 0 Å². The van der Waals surface area contributed by atoms with E-state index in [4.69, 9.17) is 11.6 Å². The van der Waals surface area contributed by atoms with Crippen molar-refractivity contribution in [2.24, 2.45) is 5.92 Å². The number of hydrogen-bond donors (Lipinski definition) is 2. The highest BCUT2D eigenvalue weighted by Crippen LogP contribution is 2.25. The fourth-order valence-electron chi connectivity index (χ4n) is 1.79. The summed E-state index contributed by atoms with van der Waals surface area (Å²) in [6.07, 6.45) is 0. The van der Waals surface area contributed by atoms with Gasteiger partial charge in [-0.3, -0.25) is 9.59 Å². The number of rotatable bonds is 6. The Morgan fingerprint density at radius 2 is 2.00 bits per heavy atom. The summed E-state index contributed by atoms with van der Waals surface area (Å²) in [5.41, 5.74) is 1.24. The smallest absolute Gasteiger partial charge is 0.270 e. The molecule has 122 valence electrons. The van der Waals surface area contributed by atoms with Gasteiger partial charge in [0.25, 0.3) is 5.91 Å². The molecular weight excluding hydrogens is 334 g/mol. The molecule has 2 aromatic rings. The molecule has 0 unspecified atom stereocenters. The van der Waals surface area contributed by atoms with Crippen LogP contribution in [0.1, 0.15) is 24.3 Å². The van der Waals surface area contributed by atoms with E-state index in [1.165, 1.54) is 11.3 Å². The Hall–Kier alpha value is -1.92. The molecule has 0 saturated heterocycles. The second kappa shape index (κ2) is 8.08. The van der Waals surface area contributed by atoms with Crippen LogP contribution in [0.2, 0.25) is 5.02 Å². The van der Waals surface area contributed by atoms with Gasteiger partial charge in [0, 0.05) is 35.0 Å². The van der Waals surface area contributed by atoms with Crippen LogP contribution < -0.4 is 10.6 Å². The topological polar surface area (TPSA) is 71.1 Å². The van der Waals surface area contributed by atoms with Crippen LogP contribution >= 0.6 is 22.9 Å². The van der Waals surface area contributed by atoms with E-state index < -0.39 is 0 Å². The number of nitrogens with one attached hydrogen (secondary N) is 2. The van der Waals surface area contributed by atoms with E-state index in [0.29, 0.717) is 23.8 Å². The van der Waals surface area contributed by atoms with E-state index in [1.807, 2.05) is 32.0 Å². The maximum Gasteiger partial charge on any atom is 0.270 e. The van der Waals surface area contributed by atoms with Crippen LogP contribution in [0.3, 0.4) is 0 Å². The van der Waals surface area contributed by atoms with Crippen LogP contribution in [0.5, 0.6) is 0 Å². The Morgan fingerprint density at radius 1 is 1.26 bits per heavy atom. The first-order valence-corrected chi connectivity index (χ1v) is 8.50. The van der Waals surface area contributed by atoms with Gasteiger partial charge in [0.05, 0.1) is 0 Å². The van der Waals surface area contributed by atoms with Gasteiger partial charge >= 0.3 is 0 Å². The van der Waals surface area contributed by atoms with Crippen LogP contribution in [0, 0.1) is 5.92 Å². The van der Waals surface area contributed by atoms with Gasteiger partial charge in [-0.15, -0.1) is 11.3 Å². The quantitative estimate of drug-likeness (QED) is 0.786. The average molecular weight is 352 g/mol. The highest BCUT2D eigenvalue weighted by molar-refractivity contribution is 7.13. The first-order chi connectivity index (χ1) is 11.0. The molecule has 7 heteroatoms. The second-order valence-electron chi connectivity index (χ2n) is 5.25. The first-order valence-electron chi connectivity index (χ1n) is 7.24. The number of benzene rings is 1. The standard InChI is InChI=1S/C16H18ClN3O2S/c1-10(2)14(21)18-6-7-19-15(22)13-9-23-16(20-13)11-4-3-5-12(17)8-11/h3-5,8-10H,6-7H2,1-2H3,(H,18,21)(H,19,22). The minimum absolute atomic E-state index is 0.0313. The molecule has 1 heterocycles. The van der Waals surface area contributed by atoms with Crippen molar-refractivity contribution < 1.29 is 9.59 Å². The van der Waals surface area contributed by atoms with Crippen LogP contribution in [-0.2, 0) is 4.79 Å². The van der Waals surface area contributed by atoms with Gasteiger partial charge in [-0.2, -0.15) is 0 Å². The SMILES string of the molecule is CC(C)C(=O)NCCNC(=O)c1csc(-c2cccc(Cl)c2)n1. The molecule has 0 aliphatic heterocycles. The molecule has 5 nitrogen and oxygen atoms in total. The zero-order valence-corrected chi connectivity index (χ0v) is 14.5. The fraction of sp³-hybridized carbons (Fsp3) is 0.312. The lowest BCUT2D eigenvalue weighted by Crippen LogP contribution is -2.36. The summed E-state index contributed by atoms with van der Waals surface area (Å²) < 4.78 is 0. The van der Waals surface area contributed by atoms with Crippen LogP contribution in [-0.4, -0.2) is 29.9 Å². The third kappa shape index (κ3) is 5.04. The summed E-state index contributed by atoms with van der Waals surface area (Å²) in [5.74, 6) is -0.353. The van der Waals surface area contributed by atoms with Crippen LogP contribution in [0.4, 0.5) is 0 Å². The van der Waals surface area contributed by atoms with Crippen LogP contribution in [0.25, 0.3) is 10.6 Å². The molecule has 1 aromatic heterocycles. The lowest BCUT2D eigenvalue weighted by Gasteiger charge is -2.07. The van der Waals surface area contributed by atoms with Crippen molar-refractivity contribution in [3.63, 3.8) is 0 Å². The fourth-order valence-corrected chi connectivity index (χ4v) is 2.78. The third-order valence-electron chi connectivity index (χ3n) is 3.04. The predicted molar refractivity (Wildman–Crippen MR) is 92.7 cm³/mol. The lowest BCUT2D eigenvalue weighted by molar-refractivity contribution is -0.123. The molecular formula is C16H18ClN3O2S. The number of thiazole rings is 1. The first kappa shape index (κ1) is 17.4. The van der Waals surface area contributed by atoms with Crippen molar-refractivity contribution >= 4 is 34.8 Å². The number of nitrogens with zero attached hydrogens (tertiary/aromatic N) is 1. The molecule has 0 atom stereocenters. The van der Waals surface area contributed by atoms with E-state index in [1.54, 1.807) is 11.4 Å². The summed E-state index contributed by atoms with van der Waals surface area (Å²) in [4.78, 5) is 27.8. The molecule has 1 aromatic carbocycles. The van der Waals surface area contributed by atoms with E-state index in [0.717, 1.165) is 10.6 Å². The van der Waals surface area contributed by atoms with Crippen molar-refractivity contribution in [1.82, 2.24) is 15.6 Å². The molecule has 0 saturated carbocycles. The monoisotopic (exact) mass is 351 g/mol. The largest absolute Gasteiger partial charge is 0.354 e. The second-order valence-corrected chi connectivity index (χ2v) is 6.54. The number of carbonyl (C=O) groups excluding carboxylic acids is 2. The highest BCUT2D eigenvalue weighted by Gasteiger charge is 2.12. The zero-order chi connectivity index (χ0) is 16.8. The Bertz CT molecular complexity index is 700. The van der Waals surface area contributed by atoms with Crippen molar-refractivity contribution in [2.45, 2.75) is 13.8 Å². The lowest BCUT2D eigenvalue weighted by atomic mass is 10.2. The number of carbonyl (C=O) groups is 2. The molecule has 2 N–H and O–H groups in total. The van der Waals surface area contributed by atoms with Gasteiger partial charge in [0.15, 0.2) is 0 Å². The zero-order valence-electron chi connectivity index (χ0n) is 12.9. The summed E-state index contributed by atoms with van der Waals surface area (Å²) in [5, 5.41) is 8.55. The number of amides is 2. The van der Waals surface area contributed by atoms with E-state index in [2.05, 4.69) is 15.6 Å². The summed E-state index contributed by atoms with van der Waals surface area (Å²) in [6, 6.07) is 7.34. The summed E-state index contributed by atoms with van der Waals surface area (Å²) in [7, 11) is 0. The third-order valence-corrected chi connectivity index (χ3v) is 4.17. The number of hydrogen-bond acceptors (Lipinski definition) is 4. The Balaban J connectivity index is 1.88. The molecule has 0 bridgehead atoms. The van der Waals surface area contributed by atoms with Crippen molar-refractivity contribution in [2.75, 3.05) is 13.1 Å². The van der Waals surface area contributed by atoms with Crippen LogP contribution in [0.15, 0.2) is 29.6 Å². The molecule has 23 heavy (non-hydrogen) atoms. The maximum atomic E-state index is 12.0. The minimum atomic E-state index is -0.256. The molecule has 0 spiro atoms. The number of aromatic nitrogens is 1. The van der Waals surface area contributed by atoms with E-state index in [9.17, 15) is 9.59 Å². The molecule has 0 aliphatic rings. The number of halogens is 1. The Morgan fingerprint density at radius 3 is 2.70 bits per heavy atom. The average Bonchev–Trinajstić information content (AvgIpc) is 3.01. The summed E-state index contributed by atoms with van der Waals surface area (Å²) >= 11 is 7.35. The molecule has 2 amide bonds. The minimum Gasteiger partial charge on any atom is -0.354 e. The Kier molecular flexibility index (Phi) is 6.12. The highest BCUT2D eigenvalue weighted by atomic mass is 35.5. The molecule has 0 radical (unpaired) electrons. The van der Waals surface area contributed by atoms with Gasteiger partial charge in [0.1, 0.15) is 10.7 Å². The van der Waals surface area contributed by atoms with Crippen molar-refractivity contribution in [1.29, 1.82) is 0 Å². The van der Waals surface area contributed by atoms with Crippen molar-refractivity contribution in [3.8, 4) is 10.6 Å². The van der Waals surface area contributed by atoms with Crippen molar-refractivity contribution in [3.05, 3.63) is 40.4 Å². The van der Waals surface area contributed by atoms with Gasteiger partial charge in [-0.1, -0.05) is 37.6 Å². The molecule has 2 rings (SSSR count). The molecule has 0 aliphatic carbocycles. The molecule has 0 fully saturated rings. The summed E-state index contributed by atoms with van der Waals surface area (Å²) in [6.45, 7) is 4.40. The van der Waals surface area contributed by atoms with Gasteiger partial charge in [-0.25, -0.2) is 4.98 Å². The normalized spacial score (nSPS) is 10.6. The maximum absolute atomic E-state index is 12.0. The van der Waals surface area contributed by atoms with Gasteiger partial charge in [0.2, 0.25) is 5.91 Å². The van der Waals surface area contributed by atoms with E-state index in [-0.39, 0.29) is 17.7 Å². The van der Waals surface area contributed by atoms with Gasteiger partial charge in [-0.05, 0) is 12.1 Å². The van der Waals surface area contributed by atoms with Gasteiger partial charge < -0.3 is 10.6 Å². The Labute approximate surface area is 144 Å².